The Labute approximate surface area is 169 Å². The van der Waals surface area contributed by atoms with Gasteiger partial charge in [-0.15, -0.1) is 0 Å². The molecule has 1 aliphatic rings. The van der Waals surface area contributed by atoms with Crippen LogP contribution in [0.15, 0.2) is 24.3 Å². The fourth-order valence-corrected chi connectivity index (χ4v) is 2.56. The van der Waals surface area contributed by atoms with E-state index in [1.54, 1.807) is 65.8 Å². The summed E-state index contributed by atoms with van der Waals surface area (Å²) in [7, 11) is 0. The summed E-state index contributed by atoms with van der Waals surface area (Å²) in [5.74, 6) is -0.904. The molecule has 158 valence electrons. The topological polar surface area (TPSA) is 105 Å². The van der Waals surface area contributed by atoms with Crippen LogP contribution in [0.5, 0.6) is 0 Å². The van der Waals surface area contributed by atoms with Gasteiger partial charge < -0.3 is 9.47 Å². The highest BCUT2D eigenvalue weighted by molar-refractivity contribution is 6.21. The Morgan fingerprint density at radius 2 is 1.41 bits per heavy atom. The van der Waals surface area contributed by atoms with Gasteiger partial charge in [-0.25, -0.2) is 20.0 Å². The van der Waals surface area contributed by atoms with Crippen molar-refractivity contribution < 1.29 is 28.7 Å². The minimum Gasteiger partial charge on any atom is -0.443 e. The van der Waals surface area contributed by atoms with E-state index >= 15 is 0 Å². The molecular weight excluding hydrogens is 378 g/mol. The maximum absolute atomic E-state index is 12.5. The summed E-state index contributed by atoms with van der Waals surface area (Å²) in [6.45, 7) is 9.80. The third-order valence-corrected chi connectivity index (χ3v) is 3.66. The molecule has 4 amide bonds. The Morgan fingerprint density at radius 3 is 1.86 bits per heavy atom. The van der Waals surface area contributed by atoms with Crippen LogP contribution in [-0.2, 0) is 9.47 Å². The van der Waals surface area contributed by atoms with E-state index in [4.69, 9.17) is 9.47 Å². The molecule has 0 spiro atoms. The number of imide groups is 1. The predicted molar refractivity (Wildman–Crippen MR) is 104 cm³/mol. The molecule has 0 radical (unpaired) electrons. The molecule has 2 rings (SSSR count). The van der Waals surface area contributed by atoms with Crippen LogP contribution in [0.4, 0.5) is 9.59 Å². The largest absolute Gasteiger partial charge is 0.443 e. The second kappa shape index (κ2) is 8.10. The van der Waals surface area contributed by atoms with Gasteiger partial charge in [0.25, 0.3) is 11.8 Å². The van der Waals surface area contributed by atoms with E-state index in [9.17, 15) is 19.2 Å². The van der Waals surface area contributed by atoms with Gasteiger partial charge in [0.2, 0.25) is 0 Å². The first-order valence-corrected chi connectivity index (χ1v) is 9.24. The minimum absolute atomic E-state index is 0.124. The molecule has 0 aromatic heterocycles. The lowest BCUT2D eigenvalue weighted by Crippen LogP contribution is -2.52. The van der Waals surface area contributed by atoms with Crippen LogP contribution in [0.1, 0.15) is 62.3 Å². The van der Waals surface area contributed by atoms with Crippen molar-refractivity contribution in [1.29, 1.82) is 0 Å². The quantitative estimate of drug-likeness (QED) is 0.612. The van der Waals surface area contributed by atoms with Crippen molar-refractivity contribution in [3.63, 3.8) is 0 Å². The van der Waals surface area contributed by atoms with Crippen molar-refractivity contribution >= 4 is 24.0 Å². The minimum atomic E-state index is -0.856. The van der Waals surface area contributed by atoms with Gasteiger partial charge in [-0.05, 0) is 53.7 Å². The maximum atomic E-state index is 12.5. The van der Waals surface area contributed by atoms with Crippen LogP contribution in [0.2, 0.25) is 0 Å². The number of nitrogens with zero attached hydrogens (tertiary/aromatic N) is 2. The summed E-state index contributed by atoms with van der Waals surface area (Å²) in [5.41, 5.74) is 1.36. The van der Waals surface area contributed by atoms with Crippen LogP contribution >= 0.6 is 0 Å². The molecule has 0 bridgehead atoms. The van der Waals surface area contributed by atoms with E-state index in [1.165, 1.54) is 0 Å². The zero-order valence-corrected chi connectivity index (χ0v) is 17.6. The number of rotatable bonds is 3. The Bertz CT molecular complexity index is 787. The second-order valence-electron chi connectivity index (χ2n) is 8.55. The average molecular weight is 405 g/mol. The summed E-state index contributed by atoms with van der Waals surface area (Å²) < 4.78 is 10.5. The number of hydrogen-bond donors (Lipinski definition) is 1. The number of nitrogens with one attached hydrogen (secondary N) is 1. The molecular formula is C20H27N3O6. The molecule has 0 atom stereocenters. The monoisotopic (exact) mass is 405 g/mol. The fourth-order valence-electron chi connectivity index (χ4n) is 2.56. The number of amides is 4. The summed E-state index contributed by atoms with van der Waals surface area (Å²) >= 11 is 0. The lowest BCUT2D eigenvalue weighted by molar-refractivity contribution is -0.0000836. The molecule has 1 aliphatic heterocycles. The second-order valence-corrected chi connectivity index (χ2v) is 8.55. The van der Waals surface area contributed by atoms with Crippen molar-refractivity contribution in [2.75, 3.05) is 13.1 Å². The molecule has 0 fully saturated rings. The lowest BCUT2D eigenvalue weighted by Gasteiger charge is -2.29. The molecule has 1 aromatic rings. The normalized spacial score (nSPS) is 13.8. The first kappa shape index (κ1) is 22.2. The predicted octanol–water partition coefficient (Wildman–Crippen LogP) is 2.96. The SMILES string of the molecule is CC(C)(C)OC(=O)NN(CCN1C(=O)c2ccccc2C1=O)C(=O)OC(C)(C)C. The molecule has 1 N–H and O–H groups in total. The van der Waals surface area contributed by atoms with Crippen LogP contribution in [-0.4, -0.2) is 58.2 Å². The van der Waals surface area contributed by atoms with Gasteiger partial charge in [-0.1, -0.05) is 12.1 Å². The van der Waals surface area contributed by atoms with E-state index in [0.717, 1.165) is 9.91 Å². The summed E-state index contributed by atoms with van der Waals surface area (Å²) in [6, 6.07) is 6.48. The molecule has 9 nitrogen and oxygen atoms in total. The van der Waals surface area contributed by atoms with Crippen LogP contribution in [0.3, 0.4) is 0 Å². The maximum Gasteiger partial charge on any atom is 0.429 e. The lowest BCUT2D eigenvalue weighted by atomic mass is 10.1. The number of hydrazine groups is 1. The first-order chi connectivity index (χ1) is 13.3. The van der Waals surface area contributed by atoms with Gasteiger partial charge in [-0.3, -0.25) is 14.5 Å². The highest BCUT2D eigenvalue weighted by Crippen LogP contribution is 2.22. The van der Waals surface area contributed by atoms with E-state index in [1.807, 2.05) is 0 Å². The van der Waals surface area contributed by atoms with Crippen LogP contribution < -0.4 is 5.43 Å². The third-order valence-electron chi connectivity index (χ3n) is 3.66. The zero-order valence-electron chi connectivity index (χ0n) is 17.6. The molecule has 29 heavy (non-hydrogen) atoms. The van der Waals surface area contributed by atoms with E-state index < -0.39 is 35.2 Å². The molecule has 0 unspecified atom stereocenters. The van der Waals surface area contributed by atoms with Gasteiger partial charge in [-0.2, -0.15) is 0 Å². The average Bonchev–Trinajstić information content (AvgIpc) is 2.80. The number of hydrogen-bond acceptors (Lipinski definition) is 6. The van der Waals surface area contributed by atoms with Crippen molar-refractivity contribution in [3.8, 4) is 0 Å². The molecule has 0 saturated carbocycles. The van der Waals surface area contributed by atoms with Crippen molar-refractivity contribution in [1.82, 2.24) is 15.3 Å². The Kier molecular flexibility index (Phi) is 6.20. The van der Waals surface area contributed by atoms with Crippen molar-refractivity contribution in [2.45, 2.75) is 52.7 Å². The van der Waals surface area contributed by atoms with Gasteiger partial charge in [0.15, 0.2) is 0 Å². The van der Waals surface area contributed by atoms with E-state index in [-0.39, 0.29) is 13.1 Å². The van der Waals surface area contributed by atoms with Crippen LogP contribution in [0.25, 0.3) is 0 Å². The van der Waals surface area contributed by atoms with Gasteiger partial charge in [0.05, 0.1) is 17.7 Å². The van der Waals surface area contributed by atoms with E-state index in [2.05, 4.69) is 5.43 Å². The van der Waals surface area contributed by atoms with Crippen molar-refractivity contribution in [2.24, 2.45) is 0 Å². The molecule has 1 aromatic carbocycles. The number of carbonyl (C=O) groups is 4. The highest BCUT2D eigenvalue weighted by Gasteiger charge is 2.36. The summed E-state index contributed by atoms with van der Waals surface area (Å²) in [4.78, 5) is 50.6. The number of fused-ring (bicyclic) bond motifs is 1. The molecule has 0 aliphatic carbocycles. The fraction of sp³-hybridized carbons (Fsp3) is 0.500. The van der Waals surface area contributed by atoms with Gasteiger partial charge in [0, 0.05) is 6.54 Å². The molecule has 1 heterocycles. The van der Waals surface area contributed by atoms with Gasteiger partial charge in [0.1, 0.15) is 11.2 Å². The first-order valence-electron chi connectivity index (χ1n) is 9.24. The summed E-state index contributed by atoms with van der Waals surface area (Å²) in [5, 5.41) is 0.892. The number of benzene rings is 1. The highest BCUT2D eigenvalue weighted by atomic mass is 16.6. The van der Waals surface area contributed by atoms with Crippen molar-refractivity contribution in [3.05, 3.63) is 35.4 Å². The molecule has 9 heteroatoms. The molecule has 0 saturated heterocycles. The Balaban J connectivity index is 2.11. The smallest absolute Gasteiger partial charge is 0.429 e. The number of ether oxygens (including phenoxy) is 2. The van der Waals surface area contributed by atoms with Crippen LogP contribution in [0, 0.1) is 0 Å². The Morgan fingerprint density at radius 1 is 0.931 bits per heavy atom. The third kappa shape index (κ3) is 5.94. The summed E-state index contributed by atoms with van der Waals surface area (Å²) in [6.07, 6.45) is -1.69. The van der Waals surface area contributed by atoms with Gasteiger partial charge >= 0.3 is 12.2 Å². The van der Waals surface area contributed by atoms with E-state index in [0.29, 0.717) is 11.1 Å². The Hall–Kier alpha value is -3.10. The standard InChI is InChI=1S/C20H27N3O6/c1-19(2,3)28-17(26)21-23(18(27)29-20(4,5)6)12-11-22-15(24)13-9-7-8-10-14(13)16(22)25/h7-10H,11-12H2,1-6H3,(H,21,26). The number of carbonyl (C=O) groups excluding carboxylic acids is 4. The zero-order chi connectivity index (χ0) is 22.0.